The van der Waals surface area contributed by atoms with Crippen LogP contribution in [-0.4, -0.2) is 22.5 Å². The van der Waals surface area contributed by atoms with Gasteiger partial charge in [-0.1, -0.05) is 32.6 Å². The SMILES string of the molecule is CCC1C[C@H](C(=O)NC2(C)CCCCC2)[C@H](C(=O)O)C1. The second-order valence-corrected chi connectivity index (χ2v) is 6.91. The van der Waals surface area contributed by atoms with Crippen LogP contribution in [0.1, 0.15) is 65.2 Å². The highest BCUT2D eigenvalue weighted by Gasteiger charge is 2.43. The molecule has 2 aliphatic carbocycles. The molecule has 2 rings (SSSR count). The third-order valence-electron chi connectivity index (χ3n) is 5.27. The zero-order chi connectivity index (χ0) is 14.8. The van der Waals surface area contributed by atoms with Crippen molar-refractivity contribution < 1.29 is 14.7 Å². The number of hydrogen-bond acceptors (Lipinski definition) is 2. The van der Waals surface area contributed by atoms with Crippen LogP contribution in [0.5, 0.6) is 0 Å². The van der Waals surface area contributed by atoms with Gasteiger partial charge >= 0.3 is 5.97 Å². The van der Waals surface area contributed by atoms with E-state index >= 15 is 0 Å². The Hall–Kier alpha value is -1.06. The molecule has 3 atom stereocenters. The Morgan fingerprint density at radius 1 is 1.15 bits per heavy atom. The second-order valence-electron chi connectivity index (χ2n) is 6.91. The van der Waals surface area contributed by atoms with Crippen molar-refractivity contribution in [2.24, 2.45) is 17.8 Å². The van der Waals surface area contributed by atoms with Crippen molar-refractivity contribution in [3.63, 3.8) is 0 Å². The van der Waals surface area contributed by atoms with Crippen molar-refractivity contribution in [1.29, 1.82) is 0 Å². The predicted molar refractivity (Wildman–Crippen MR) is 77.3 cm³/mol. The fourth-order valence-electron chi connectivity index (χ4n) is 3.89. The molecule has 0 saturated heterocycles. The number of aliphatic carboxylic acids is 1. The van der Waals surface area contributed by atoms with Crippen LogP contribution in [0, 0.1) is 17.8 Å². The van der Waals surface area contributed by atoms with Crippen LogP contribution in [0.3, 0.4) is 0 Å². The Labute approximate surface area is 121 Å². The van der Waals surface area contributed by atoms with Gasteiger partial charge in [-0.3, -0.25) is 9.59 Å². The zero-order valence-corrected chi connectivity index (χ0v) is 12.7. The van der Waals surface area contributed by atoms with Crippen molar-refractivity contribution in [1.82, 2.24) is 5.32 Å². The van der Waals surface area contributed by atoms with E-state index in [1.807, 2.05) is 0 Å². The lowest BCUT2D eigenvalue weighted by Gasteiger charge is -2.35. The molecule has 0 radical (unpaired) electrons. The standard InChI is InChI=1S/C16H27NO3/c1-3-11-9-12(13(10-11)15(19)20)14(18)17-16(2)7-5-4-6-8-16/h11-13H,3-10H2,1-2H3,(H,17,18)(H,19,20)/t11?,12-,13+/m0/s1. The van der Waals surface area contributed by atoms with Gasteiger partial charge in [-0.25, -0.2) is 0 Å². The summed E-state index contributed by atoms with van der Waals surface area (Å²) in [5.74, 6) is -1.29. The summed E-state index contributed by atoms with van der Waals surface area (Å²) < 4.78 is 0. The number of amides is 1. The van der Waals surface area contributed by atoms with Crippen LogP contribution in [0.4, 0.5) is 0 Å². The van der Waals surface area contributed by atoms with Gasteiger partial charge in [-0.15, -0.1) is 0 Å². The van der Waals surface area contributed by atoms with Gasteiger partial charge in [0.1, 0.15) is 0 Å². The van der Waals surface area contributed by atoms with Crippen molar-refractivity contribution in [2.45, 2.75) is 70.8 Å². The summed E-state index contributed by atoms with van der Waals surface area (Å²) >= 11 is 0. The molecular weight excluding hydrogens is 254 g/mol. The largest absolute Gasteiger partial charge is 0.481 e. The highest BCUT2D eigenvalue weighted by molar-refractivity contribution is 5.85. The van der Waals surface area contributed by atoms with E-state index in [0.717, 1.165) is 38.5 Å². The summed E-state index contributed by atoms with van der Waals surface area (Å²) in [5, 5.41) is 12.5. The monoisotopic (exact) mass is 281 g/mol. The van der Waals surface area contributed by atoms with Crippen molar-refractivity contribution >= 4 is 11.9 Å². The zero-order valence-electron chi connectivity index (χ0n) is 12.7. The number of carbonyl (C=O) groups is 2. The molecule has 0 aliphatic heterocycles. The Morgan fingerprint density at radius 2 is 1.75 bits per heavy atom. The predicted octanol–water partition coefficient (Wildman–Crippen LogP) is 2.96. The molecule has 0 aromatic rings. The first-order valence-electron chi connectivity index (χ1n) is 8.00. The minimum absolute atomic E-state index is 0.0299. The summed E-state index contributed by atoms with van der Waals surface area (Å²) in [4.78, 5) is 23.9. The fourth-order valence-corrected chi connectivity index (χ4v) is 3.89. The molecule has 114 valence electrons. The van der Waals surface area contributed by atoms with Crippen LogP contribution in [-0.2, 0) is 9.59 Å². The first-order chi connectivity index (χ1) is 9.45. The van der Waals surface area contributed by atoms with Gasteiger partial charge in [-0.2, -0.15) is 0 Å². The third-order valence-corrected chi connectivity index (χ3v) is 5.27. The molecule has 2 aliphatic rings. The number of carboxylic acids is 1. The number of carboxylic acid groups (broad SMARTS) is 1. The van der Waals surface area contributed by atoms with E-state index < -0.39 is 11.9 Å². The molecular formula is C16H27NO3. The van der Waals surface area contributed by atoms with E-state index in [1.54, 1.807) is 0 Å². The van der Waals surface area contributed by atoms with Crippen LogP contribution in [0.2, 0.25) is 0 Å². The lowest BCUT2D eigenvalue weighted by atomic mass is 9.82. The van der Waals surface area contributed by atoms with E-state index in [2.05, 4.69) is 19.2 Å². The number of carbonyl (C=O) groups excluding carboxylic acids is 1. The Kier molecular flexibility index (Phi) is 4.71. The second kappa shape index (κ2) is 6.15. The summed E-state index contributed by atoms with van der Waals surface area (Å²) in [6.07, 6.45) is 7.93. The maximum Gasteiger partial charge on any atom is 0.307 e. The number of rotatable bonds is 4. The highest BCUT2D eigenvalue weighted by atomic mass is 16.4. The molecule has 4 nitrogen and oxygen atoms in total. The molecule has 0 aromatic carbocycles. The summed E-state index contributed by atoms with van der Waals surface area (Å²) in [6.45, 7) is 4.18. The van der Waals surface area contributed by atoms with Gasteiger partial charge in [0, 0.05) is 5.54 Å². The topological polar surface area (TPSA) is 66.4 Å². The van der Waals surface area contributed by atoms with Crippen molar-refractivity contribution in [2.75, 3.05) is 0 Å². The average Bonchev–Trinajstić information content (AvgIpc) is 2.83. The summed E-state index contributed by atoms with van der Waals surface area (Å²) in [5.41, 5.74) is -0.122. The van der Waals surface area contributed by atoms with Crippen LogP contribution >= 0.6 is 0 Å². The van der Waals surface area contributed by atoms with Crippen molar-refractivity contribution in [3.05, 3.63) is 0 Å². The van der Waals surface area contributed by atoms with E-state index in [1.165, 1.54) is 6.42 Å². The fraction of sp³-hybridized carbons (Fsp3) is 0.875. The minimum atomic E-state index is -0.810. The first-order valence-corrected chi connectivity index (χ1v) is 8.00. The molecule has 2 N–H and O–H groups in total. The third kappa shape index (κ3) is 3.33. The highest BCUT2D eigenvalue weighted by Crippen LogP contribution is 2.39. The molecule has 1 amide bonds. The van der Waals surface area contributed by atoms with E-state index in [-0.39, 0.29) is 17.4 Å². The molecule has 0 aromatic heterocycles. The Balaban J connectivity index is 2.01. The molecule has 2 saturated carbocycles. The lowest BCUT2D eigenvalue weighted by molar-refractivity contribution is -0.146. The Bertz CT molecular complexity index is 374. The van der Waals surface area contributed by atoms with Gasteiger partial charge in [0.05, 0.1) is 11.8 Å². The normalized spacial score (nSPS) is 32.8. The molecule has 2 fully saturated rings. The van der Waals surface area contributed by atoms with Crippen LogP contribution < -0.4 is 5.32 Å². The minimum Gasteiger partial charge on any atom is -0.481 e. The van der Waals surface area contributed by atoms with Gasteiger partial charge < -0.3 is 10.4 Å². The maximum absolute atomic E-state index is 12.5. The molecule has 20 heavy (non-hydrogen) atoms. The van der Waals surface area contributed by atoms with Gasteiger partial charge in [0.25, 0.3) is 0 Å². The molecule has 0 heterocycles. The van der Waals surface area contributed by atoms with Gasteiger partial charge in [-0.05, 0) is 38.5 Å². The van der Waals surface area contributed by atoms with Crippen molar-refractivity contribution in [3.8, 4) is 0 Å². The molecule has 4 heteroatoms. The summed E-state index contributed by atoms with van der Waals surface area (Å²) in [7, 11) is 0. The van der Waals surface area contributed by atoms with Crippen LogP contribution in [0.15, 0.2) is 0 Å². The first kappa shape index (κ1) is 15.3. The summed E-state index contributed by atoms with van der Waals surface area (Å²) in [6, 6.07) is 0. The number of nitrogens with one attached hydrogen (secondary N) is 1. The van der Waals surface area contributed by atoms with E-state index in [0.29, 0.717) is 12.3 Å². The van der Waals surface area contributed by atoms with Gasteiger partial charge in [0.15, 0.2) is 0 Å². The number of hydrogen-bond donors (Lipinski definition) is 2. The quantitative estimate of drug-likeness (QED) is 0.832. The lowest BCUT2D eigenvalue weighted by Crippen LogP contribution is -2.50. The average molecular weight is 281 g/mol. The smallest absolute Gasteiger partial charge is 0.307 e. The molecule has 0 bridgehead atoms. The Morgan fingerprint density at radius 3 is 2.30 bits per heavy atom. The molecule has 1 unspecified atom stereocenters. The van der Waals surface area contributed by atoms with Gasteiger partial charge in [0.2, 0.25) is 5.91 Å². The van der Waals surface area contributed by atoms with E-state index in [9.17, 15) is 14.7 Å². The van der Waals surface area contributed by atoms with Crippen LogP contribution in [0.25, 0.3) is 0 Å². The molecule has 0 spiro atoms. The maximum atomic E-state index is 12.5. The van der Waals surface area contributed by atoms with E-state index in [4.69, 9.17) is 0 Å².